The fourth-order valence-corrected chi connectivity index (χ4v) is 4.23. The van der Waals surface area contributed by atoms with Gasteiger partial charge in [-0.15, -0.1) is 0 Å². The Morgan fingerprint density at radius 1 is 1.08 bits per heavy atom. The van der Waals surface area contributed by atoms with E-state index in [1.54, 1.807) is 4.90 Å². The normalized spacial score (nSPS) is 29.1. The largest absolute Gasteiger partial charge is 0.488 e. The highest BCUT2D eigenvalue weighted by molar-refractivity contribution is 5.77. The van der Waals surface area contributed by atoms with Gasteiger partial charge in [0.1, 0.15) is 45.1 Å². The molecule has 0 radical (unpaired) electrons. The zero-order valence-corrected chi connectivity index (χ0v) is 16.1. The molecule has 3 N–H and O–H groups in total. The van der Waals surface area contributed by atoms with E-state index in [0.717, 1.165) is 51.5 Å². The molecule has 0 bridgehead atoms. The summed E-state index contributed by atoms with van der Waals surface area (Å²) in [5.74, 6) is 1.83. The van der Waals surface area contributed by atoms with Crippen molar-refractivity contribution in [3.05, 3.63) is 30.3 Å². The molecular weight excluding hydrogens is 326 g/mol. The van der Waals surface area contributed by atoms with Crippen molar-refractivity contribution in [2.75, 3.05) is 45.9 Å². The van der Waals surface area contributed by atoms with Crippen LogP contribution in [0.1, 0.15) is 32.6 Å². The zero-order valence-electron chi connectivity index (χ0n) is 16.1. The van der Waals surface area contributed by atoms with Crippen LogP contribution in [0.25, 0.3) is 0 Å². The number of para-hydroxylation sites is 1. The smallest absolute Gasteiger partial charge is 0.275 e. The number of piperazine rings is 1. The Hall–Kier alpha value is -1.59. The standard InChI is InChI=1S/C21H33N3O2/c1-18-7-5-6-10-20(18)22-21(25)17-24-13-11-23(12-14-24)15-16-26-19-8-3-2-4-9-19/h2-4,8-9,18,20H,5-7,10-17H2,1H3,(H,22,25)/p+2/t18-,20-/m1/s1. The number of nitrogens with one attached hydrogen (secondary N) is 3. The van der Waals surface area contributed by atoms with E-state index in [-0.39, 0.29) is 5.91 Å². The summed E-state index contributed by atoms with van der Waals surface area (Å²) in [6.45, 7) is 9.11. The number of amides is 1. The molecule has 0 aromatic heterocycles. The molecule has 1 saturated heterocycles. The first-order chi connectivity index (χ1) is 12.7. The third-order valence-corrected chi connectivity index (χ3v) is 6.00. The minimum Gasteiger partial charge on any atom is -0.488 e. The highest BCUT2D eigenvalue weighted by atomic mass is 16.5. The van der Waals surface area contributed by atoms with Gasteiger partial charge in [0.25, 0.3) is 5.91 Å². The van der Waals surface area contributed by atoms with Crippen LogP contribution in [-0.2, 0) is 4.79 Å². The second-order valence-corrected chi connectivity index (χ2v) is 8.02. The second kappa shape index (κ2) is 9.93. The summed E-state index contributed by atoms with van der Waals surface area (Å²) in [5.41, 5.74) is 0. The number of benzene rings is 1. The molecule has 1 saturated carbocycles. The summed E-state index contributed by atoms with van der Waals surface area (Å²) in [6.07, 6.45) is 4.99. The quantitative estimate of drug-likeness (QED) is 0.616. The van der Waals surface area contributed by atoms with Gasteiger partial charge in [-0.1, -0.05) is 38.0 Å². The van der Waals surface area contributed by atoms with E-state index >= 15 is 0 Å². The lowest BCUT2D eigenvalue weighted by Gasteiger charge is -2.32. The van der Waals surface area contributed by atoms with Crippen molar-refractivity contribution >= 4 is 5.91 Å². The maximum absolute atomic E-state index is 12.4. The van der Waals surface area contributed by atoms with Gasteiger partial charge in [-0.25, -0.2) is 0 Å². The molecule has 5 heteroatoms. The predicted octanol–water partition coefficient (Wildman–Crippen LogP) is -0.456. The first kappa shape index (κ1) is 19.2. The zero-order chi connectivity index (χ0) is 18.2. The average molecular weight is 362 g/mol. The van der Waals surface area contributed by atoms with Gasteiger partial charge in [-0.3, -0.25) is 4.79 Å². The maximum atomic E-state index is 12.4. The molecule has 1 aromatic carbocycles. The first-order valence-corrected chi connectivity index (χ1v) is 10.3. The molecule has 2 aliphatic rings. The van der Waals surface area contributed by atoms with Crippen molar-refractivity contribution in [2.24, 2.45) is 5.92 Å². The SMILES string of the molecule is C[C@@H]1CCCC[C@H]1NC(=O)C[NH+]1CC[NH+](CCOc2ccccc2)CC1. The number of quaternary nitrogens is 2. The molecular formula is C21H35N3O2+2. The summed E-state index contributed by atoms with van der Waals surface area (Å²) in [7, 11) is 0. The fraction of sp³-hybridized carbons (Fsp3) is 0.667. The number of carbonyl (C=O) groups excluding carboxylic acids is 1. The van der Waals surface area contributed by atoms with E-state index in [1.165, 1.54) is 24.2 Å². The number of rotatable bonds is 7. The number of hydrogen-bond donors (Lipinski definition) is 3. The van der Waals surface area contributed by atoms with Gasteiger partial charge in [0, 0.05) is 6.04 Å². The summed E-state index contributed by atoms with van der Waals surface area (Å²) in [4.78, 5) is 15.4. The molecule has 1 aromatic rings. The van der Waals surface area contributed by atoms with E-state index in [2.05, 4.69) is 12.2 Å². The van der Waals surface area contributed by atoms with Gasteiger partial charge in [0.15, 0.2) is 6.54 Å². The molecule has 1 heterocycles. The molecule has 1 amide bonds. The molecule has 5 nitrogen and oxygen atoms in total. The highest BCUT2D eigenvalue weighted by Crippen LogP contribution is 2.23. The van der Waals surface area contributed by atoms with Crippen molar-refractivity contribution in [1.82, 2.24) is 5.32 Å². The third-order valence-electron chi connectivity index (χ3n) is 6.00. The first-order valence-electron chi connectivity index (χ1n) is 10.3. The molecule has 3 rings (SSSR count). The van der Waals surface area contributed by atoms with Gasteiger partial charge in [0.05, 0.1) is 0 Å². The van der Waals surface area contributed by atoms with Gasteiger partial charge in [0.2, 0.25) is 0 Å². The van der Waals surface area contributed by atoms with E-state index in [1.807, 2.05) is 30.3 Å². The Balaban J connectivity index is 1.30. The molecule has 144 valence electrons. The second-order valence-electron chi connectivity index (χ2n) is 8.02. The maximum Gasteiger partial charge on any atom is 0.275 e. The van der Waals surface area contributed by atoms with Crippen LogP contribution in [0.15, 0.2) is 30.3 Å². The molecule has 0 unspecified atom stereocenters. The van der Waals surface area contributed by atoms with Crippen LogP contribution < -0.4 is 19.9 Å². The van der Waals surface area contributed by atoms with Gasteiger partial charge < -0.3 is 19.9 Å². The van der Waals surface area contributed by atoms with Crippen molar-refractivity contribution < 1.29 is 19.3 Å². The molecule has 1 aliphatic heterocycles. The topological polar surface area (TPSA) is 47.2 Å². The van der Waals surface area contributed by atoms with Crippen molar-refractivity contribution in [2.45, 2.75) is 38.6 Å². The predicted molar refractivity (Wildman–Crippen MR) is 103 cm³/mol. The van der Waals surface area contributed by atoms with E-state index in [0.29, 0.717) is 18.5 Å². The summed E-state index contributed by atoms with van der Waals surface area (Å²) < 4.78 is 5.80. The number of hydrogen-bond acceptors (Lipinski definition) is 2. The van der Waals surface area contributed by atoms with Crippen LogP contribution in [-0.4, -0.2) is 57.8 Å². The van der Waals surface area contributed by atoms with Crippen molar-refractivity contribution in [3.63, 3.8) is 0 Å². The van der Waals surface area contributed by atoms with Crippen LogP contribution in [0.4, 0.5) is 0 Å². The Bertz CT molecular complexity index is 543. The van der Waals surface area contributed by atoms with E-state index in [9.17, 15) is 4.79 Å². The summed E-state index contributed by atoms with van der Waals surface area (Å²) in [5, 5.41) is 3.29. The van der Waals surface area contributed by atoms with E-state index in [4.69, 9.17) is 4.74 Å². The van der Waals surface area contributed by atoms with Gasteiger partial charge in [-0.2, -0.15) is 0 Å². The van der Waals surface area contributed by atoms with Crippen LogP contribution in [0, 0.1) is 5.92 Å². The van der Waals surface area contributed by atoms with Crippen molar-refractivity contribution in [3.8, 4) is 5.75 Å². The van der Waals surface area contributed by atoms with Crippen LogP contribution >= 0.6 is 0 Å². The van der Waals surface area contributed by atoms with Crippen molar-refractivity contribution in [1.29, 1.82) is 0 Å². The Morgan fingerprint density at radius 3 is 2.50 bits per heavy atom. The lowest BCUT2D eigenvalue weighted by molar-refractivity contribution is -1.01. The summed E-state index contributed by atoms with van der Waals surface area (Å²) >= 11 is 0. The lowest BCUT2D eigenvalue weighted by Crippen LogP contribution is -3.28. The van der Waals surface area contributed by atoms with Gasteiger partial charge in [-0.05, 0) is 30.9 Å². The molecule has 2 atom stereocenters. The minimum atomic E-state index is 0.245. The third kappa shape index (κ3) is 5.99. The van der Waals surface area contributed by atoms with Gasteiger partial charge >= 0.3 is 0 Å². The Morgan fingerprint density at radius 2 is 1.77 bits per heavy atom. The molecule has 26 heavy (non-hydrogen) atoms. The highest BCUT2D eigenvalue weighted by Gasteiger charge is 2.27. The number of carbonyl (C=O) groups is 1. The number of ether oxygens (including phenoxy) is 1. The molecule has 2 fully saturated rings. The average Bonchev–Trinajstić information content (AvgIpc) is 2.66. The van der Waals surface area contributed by atoms with Crippen LogP contribution in [0.5, 0.6) is 5.75 Å². The molecule has 0 spiro atoms. The Kier molecular flexibility index (Phi) is 7.32. The van der Waals surface area contributed by atoms with Crippen LogP contribution in [0.2, 0.25) is 0 Å². The monoisotopic (exact) mass is 361 g/mol. The Labute approximate surface area is 157 Å². The summed E-state index contributed by atoms with van der Waals surface area (Å²) in [6, 6.07) is 10.4. The van der Waals surface area contributed by atoms with Crippen LogP contribution in [0.3, 0.4) is 0 Å². The van der Waals surface area contributed by atoms with E-state index < -0.39 is 0 Å². The minimum absolute atomic E-state index is 0.245. The fourth-order valence-electron chi connectivity index (χ4n) is 4.23. The lowest BCUT2D eigenvalue weighted by atomic mass is 9.86. The molecule has 1 aliphatic carbocycles.